The summed E-state index contributed by atoms with van der Waals surface area (Å²) in [4.78, 5) is 30.7. The van der Waals surface area contributed by atoms with Crippen molar-refractivity contribution in [3.63, 3.8) is 0 Å². The fraction of sp³-hybridized carbons (Fsp3) is 0.400. The molecular formula is C20H24N2O2S. The molecule has 0 spiro atoms. The van der Waals surface area contributed by atoms with E-state index in [1.807, 2.05) is 30.5 Å². The van der Waals surface area contributed by atoms with Gasteiger partial charge in [0.25, 0.3) is 11.5 Å². The van der Waals surface area contributed by atoms with E-state index in [0.717, 1.165) is 24.1 Å². The molecule has 1 aromatic carbocycles. The third-order valence-corrected chi connectivity index (χ3v) is 6.36. The Hall–Kier alpha value is -2.01. The fourth-order valence-corrected chi connectivity index (χ4v) is 4.32. The summed E-state index contributed by atoms with van der Waals surface area (Å²) < 4.78 is 0. The second kappa shape index (κ2) is 7.48. The van der Waals surface area contributed by atoms with Gasteiger partial charge in [-0.3, -0.25) is 9.59 Å². The van der Waals surface area contributed by atoms with E-state index in [0.29, 0.717) is 18.3 Å². The van der Waals surface area contributed by atoms with Gasteiger partial charge >= 0.3 is 0 Å². The summed E-state index contributed by atoms with van der Waals surface area (Å²) in [6.45, 7) is 7.29. The molecule has 25 heavy (non-hydrogen) atoms. The van der Waals surface area contributed by atoms with Crippen LogP contribution in [0.3, 0.4) is 0 Å². The molecule has 1 saturated heterocycles. The fourth-order valence-electron chi connectivity index (χ4n) is 3.10. The number of hydrogen-bond acceptors (Lipinski definition) is 3. The molecule has 132 valence electrons. The van der Waals surface area contributed by atoms with Crippen LogP contribution in [0.5, 0.6) is 0 Å². The Morgan fingerprint density at radius 1 is 1.12 bits per heavy atom. The maximum absolute atomic E-state index is 12.7. The monoisotopic (exact) mass is 356 g/mol. The number of aromatic nitrogens is 1. The third kappa shape index (κ3) is 3.98. The van der Waals surface area contributed by atoms with Crippen molar-refractivity contribution in [2.75, 3.05) is 13.1 Å². The van der Waals surface area contributed by atoms with Gasteiger partial charge in [0.05, 0.1) is 0 Å². The molecule has 0 unspecified atom stereocenters. The van der Waals surface area contributed by atoms with Crippen LogP contribution in [-0.2, 0) is 0 Å². The van der Waals surface area contributed by atoms with Crippen LogP contribution in [0.2, 0.25) is 0 Å². The summed E-state index contributed by atoms with van der Waals surface area (Å²) in [5.41, 5.74) is 3.02. The standard InChI is InChI=1S/C20H24N2O2S/c1-13-6-4-5-7-18(13)25-16-8-10-22(11-9-16)20(24)17-12-14(2)15(3)21-19(17)23/h4-7,12,16H,8-11H2,1-3H3,(H,21,23). The van der Waals surface area contributed by atoms with Gasteiger partial charge in [0, 0.05) is 28.9 Å². The van der Waals surface area contributed by atoms with Crippen LogP contribution in [0.4, 0.5) is 0 Å². The molecule has 1 N–H and O–H groups in total. The summed E-state index contributed by atoms with van der Waals surface area (Å²) in [7, 11) is 0. The zero-order valence-electron chi connectivity index (χ0n) is 15.0. The topological polar surface area (TPSA) is 53.2 Å². The van der Waals surface area contributed by atoms with Crippen LogP contribution in [0.15, 0.2) is 40.0 Å². The first-order chi connectivity index (χ1) is 12.0. The number of likely N-dealkylation sites (tertiary alicyclic amines) is 1. The number of benzene rings is 1. The van der Waals surface area contributed by atoms with E-state index < -0.39 is 0 Å². The summed E-state index contributed by atoms with van der Waals surface area (Å²) in [6, 6.07) is 10.1. The number of aryl methyl sites for hydroxylation is 3. The molecule has 0 bridgehead atoms. The number of H-pyrrole nitrogens is 1. The number of thioether (sulfide) groups is 1. The first-order valence-electron chi connectivity index (χ1n) is 8.68. The Balaban J connectivity index is 1.64. The normalized spacial score (nSPS) is 15.4. The minimum absolute atomic E-state index is 0.149. The highest BCUT2D eigenvalue weighted by molar-refractivity contribution is 8.00. The largest absolute Gasteiger partial charge is 0.338 e. The Bertz CT molecular complexity index is 836. The van der Waals surface area contributed by atoms with E-state index in [9.17, 15) is 9.59 Å². The number of carbonyl (C=O) groups is 1. The van der Waals surface area contributed by atoms with Crippen molar-refractivity contribution in [3.8, 4) is 0 Å². The van der Waals surface area contributed by atoms with E-state index in [4.69, 9.17) is 0 Å². The second-order valence-electron chi connectivity index (χ2n) is 6.70. The average molecular weight is 356 g/mol. The SMILES string of the molecule is Cc1ccccc1SC1CCN(C(=O)c2cc(C)c(C)[nH]c2=O)CC1. The lowest BCUT2D eigenvalue weighted by molar-refractivity contribution is 0.0725. The Morgan fingerprint density at radius 3 is 2.48 bits per heavy atom. The molecule has 0 saturated carbocycles. The lowest BCUT2D eigenvalue weighted by atomic mass is 10.1. The number of nitrogens with zero attached hydrogens (tertiary/aromatic N) is 1. The van der Waals surface area contributed by atoms with Crippen molar-refractivity contribution in [1.82, 2.24) is 9.88 Å². The van der Waals surface area contributed by atoms with Gasteiger partial charge in [0.2, 0.25) is 0 Å². The molecule has 1 fully saturated rings. The third-order valence-electron chi connectivity index (χ3n) is 4.84. The molecule has 0 atom stereocenters. The first kappa shape index (κ1) is 17.8. The van der Waals surface area contributed by atoms with E-state index in [1.54, 1.807) is 6.07 Å². The number of carbonyl (C=O) groups excluding carboxylic acids is 1. The Morgan fingerprint density at radius 2 is 1.80 bits per heavy atom. The first-order valence-corrected chi connectivity index (χ1v) is 9.55. The number of piperidine rings is 1. The van der Waals surface area contributed by atoms with Gasteiger partial charge in [-0.1, -0.05) is 18.2 Å². The highest BCUT2D eigenvalue weighted by atomic mass is 32.2. The predicted octanol–water partition coefficient (Wildman–Crippen LogP) is 3.70. The summed E-state index contributed by atoms with van der Waals surface area (Å²) >= 11 is 1.90. The Labute approximate surface area is 152 Å². The van der Waals surface area contributed by atoms with Crippen molar-refractivity contribution in [3.05, 3.63) is 63.1 Å². The number of nitrogens with one attached hydrogen (secondary N) is 1. The molecule has 5 heteroatoms. The number of amides is 1. The van der Waals surface area contributed by atoms with Crippen molar-refractivity contribution >= 4 is 17.7 Å². The van der Waals surface area contributed by atoms with E-state index in [-0.39, 0.29) is 17.0 Å². The predicted molar refractivity (Wildman–Crippen MR) is 102 cm³/mol. The van der Waals surface area contributed by atoms with Gasteiger partial charge in [-0.2, -0.15) is 0 Å². The molecule has 3 rings (SSSR count). The molecule has 1 aliphatic heterocycles. The maximum atomic E-state index is 12.7. The molecule has 1 amide bonds. The molecule has 0 aliphatic carbocycles. The van der Waals surface area contributed by atoms with Gasteiger partial charge in [-0.05, 0) is 56.9 Å². The molecule has 0 radical (unpaired) electrons. The van der Waals surface area contributed by atoms with Gasteiger partial charge in [-0.25, -0.2) is 0 Å². The number of rotatable bonds is 3. The minimum atomic E-state index is -0.287. The van der Waals surface area contributed by atoms with Crippen molar-refractivity contribution < 1.29 is 4.79 Å². The van der Waals surface area contributed by atoms with E-state index in [1.165, 1.54) is 10.5 Å². The van der Waals surface area contributed by atoms with Gasteiger partial charge in [0.15, 0.2) is 0 Å². The molecule has 4 nitrogen and oxygen atoms in total. The van der Waals surface area contributed by atoms with E-state index in [2.05, 4.69) is 36.2 Å². The lowest BCUT2D eigenvalue weighted by Gasteiger charge is -2.32. The van der Waals surface area contributed by atoms with Crippen LogP contribution in [0, 0.1) is 20.8 Å². The summed E-state index contributed by atoms with van der Waals surface area (Å²) in [5.74, 6) is -0.149. The lowest BCUT2D eigenvalue weighted by Crippen LogP contribution is -2.41. The zero-order chi connectivity index (χ0) is 18.0. The average Bonchev–Trinajstić information content (AvgIpc) is 2.60. The van der Waals surface area contributed by atoms with Crippen LogP contribution >= 0.6 is 11.8 Å². The highest BCUT2D eigenvalue weighted by Crippen LogP contribution is 2.32. The quantitative estimate of drug-likeness (QED) is 0.912. The number of pyridine rings is 1. The minimum Gasteiger partial charge on any atom is -0.338 e. The Kier molecular flexibility index (Phi) is 5.33. The molecular weight excluding hydrogens is 332 g/mol. The van der Waals surface area contributed by atoms with Gasteiger partial charge in [-0.15, -0.1) is 11.8 Å². The smallest absolute Gasteiger partial charge is 0.261 e. The second-order valence-corrected chi connectivity index (χ2v) is 8.04. The van der Waals surface area contributed by atoms with Crippen LogP contribution in [0.25, 0.3) is 0 Å². The van der Waals surface area contributed by atoms with Gasteiger partial charge in [0.1, 0.15) is 5.56 Å². The van der Waals surface area contributed by atoms with Crippen molar-refractivity contribution in [2.45, 2.75) is 43.8 Å². The molecule has 1 aromatic heterocycles. The summed E-state index contributed by atoms with van der Waals surface area (Å²) in [5, 5.41) is 0.517. The molecule has 1 aliphatic rings. The van der Waals surface area contributed by atoms with Gasteiger partial charge < -0.3 is 9.88 Å². The molecule has 2 aromatic rings. The molecule has 2 heterocycles. The number of hydrogen-bond donors (Lipinski definition) is 1. The number of aromatic amines is 1. The highest BCUT2D eigenvalue weighted by Gasteiger charge is 2.26. The van der Waals surface area contributed by atoms with Crippen molar-refractivity contribution in [1.29, 1.82) is 0 Å². The van der Waals surface area contributed by atoms with E-state index >= 15 is 0 Å². The maximum Gasteiger partial charge on any atom is 0.261 e. The van der Waals surface area contributed by atoms with Crippen molar-refractivity contribution in [2.24, 2.45) is 0 Å². The zero-order valence-corrected chi connectivity index (χ0v) is 15.8. The van der Waals surface area contributed by atoms with Crippen LogP contribution < -0.4 is 5.56 Å². The van der Waals surface area contributed by atoms with Crippen LogP contribution in [-0.4, -0.2) is 34.1 Å². The van der Waals surface area contributed by atoms with Crippen LogP contribution in [0.1, 0.15) is 40.0 Å². The summed E-state index contributed by atoms with van der Waals surface area (Å²) in [6.07, 6.45) is 1.90.